The smallest absolute Gasteiger partial charge is 0.181 e. The van der Waals surface area contributed by atoms with E-state index in [2.05, 4.69) is 20.5 Å². The lowest BCUT2D eigenvalue weighted by Crippen LogP contribution is -2.05. The minimum Gasteiger partial charge on any atom is -0.358 e. The molecule has 1 unspecified atom stereocenters. The number of hydrogen-bond donors (Lipinski definition) is 1. The topological polar surface area (TPSA) is 49.6 Å². The number of nitrogens with one attached hydrogen (secondary N) is 1. The van der Waals surface area contributed by atoms with Crippen molar-refractivity contribution in [3.63, 3.8) is 0 Å². The summed E-state index contributed by atoms with van der Waals surface area (Å²) in [4.78, 5) is 4.14. The fraction of sp³-hybridized carbons (Fsp3) is 0.0833. The Hall–Kier alpha value is -1.94. The molecule has 1 aliphatic rings. The normalized spacial score (nSPS) is 16.9. The van der Waals surface area contributed by atoms with Crippen molar-refractivity contribution in [3.05, 3.63) is 53.2 Å². The lowest BCUT2D eigenvalue weighted by Gasteiger charge is -2.11. The molecule has 1 N–H and O–H groups in total. The van der Waals surface area contributed by atoms with Gasteiger partial charge in [-0.2, -0.15) is 5.11 Å². The predicted octanol–water partition coefficient (Wildman–Crippen LogP) is 3.94. The minimum absolute atomic E-state index is 0.183. The van der Waals surface area contributed by atoms with Crippen LogP contribution in [0.4, 0.5) is 11.5 Å². The van der Waals surface area contributed by atoms with Crippen LogP contribution in [0.2, 0.25) is 5.02 Å². The van der Waals surface area contributed by atoms with E-state index in [0.717, 1.165) is 11.3 Å². The van der Waals surface area contributed by atoms with Gasteiger partial charge in [-0.3, -0.25) is 0 Å². The van der Waals surface area contributed by atoms with E-state index in [4.69, 9.17) is 11.6 Å². The summed E-state index contributed by atoms with van der Waals surface area (Å²) in [5.41, 5.74) is 1.89. The van der Waals surface area contributed by atoms with E-state index in [9.17, 15) is 0 Å². The maximum Gasteiger partial charge on any atom is 0.181 e. The first-order valence-corrected chi connectivity index (χ1v) is 5.58. The van der Waals surface area contributed by atoms with Crippen LogP contribution in [0, 0.1) is 0 Å². The van der Waals surface area contributed by atoms with Gasteiger partial charge in [0.05, 0.1) is 0 Å². The van der Waals surface area contributed by atoms with Crippen LogP contribution in [0.15, 0.2) is 52.8 Å². The molecule has 0 amide bonds. The van der Waals surface area contributed by atoms with Crippen LogP contribution < -0.4 is 5.32 Å². The van der Waals surface area contributed by atoms with Crippen molar-refractivity contribution in [2.75, 3.05) is 5.32 Å². The number of nitrogens with zero attached hydrogens (tertiary/aromatic N) is 3. The Morgan fingerprint density at radius 3 is 3.00 bits per heavy atom. The molecule has 4 nitrogen and oxygen atoms in total. The molecular formula is C12H9ClN4. The zero-order chi connectivity index (χ0) is 11.7. The molecule has 0 aliphatic carbocycles. The largest absolute Gasteiger partial charge is 0.358 e. The fourth-order valence-electron chi connectivity index (χ4n) is 1.72. The van der Waals surface area contributed by atoms with Crippen LogP contribution in [0.5, 0.6) is 0 Å². The molecular weight excluding hydrogens is 236 g/mol. The van der Waals surface area contributed by atoms with Gasteiger partial charge in [0, 0.05) is 22.5 Å². The number of anilines is 1. The highest BCUT2D eigenvalue weighted by Gasteiger charge is 2.20. The van der Waals surface area contributed by atoms with E-state index in [-0.39, 0.29) is 6.17 Å². The van der Waals surface area contributed by atoms with Crippen molar-refractivity contribution in [1.82, 2.24) is 4.98 Å². The highest BCUT2D eigenvalue weighted by atomic mass is 35.5. The lowest BCUT2D eigenvalue weighted by molar-refractivity contribution is 0.829. The van der Waals surface area contributed by atoms with Crippen molar-refractivity contribution in [2.45, 2.75) is 6.17 Å². The van der Waals surface area contributed by atoms with Crippen molar-refractivity contribution in [3.8, 4) is 0 Å². The summed E-state index contributed by atoms with van der Waals surface area (Å²) in [6.07, 6.45) is 1.52. The van der Waals surface area contributed by atoms with Crippen LogP contribution in [0.25, 0.3) is 0 Å². The summed E-state index contributed by atoms with van der Waals surface area (Å²) in [6, 6.07) is 11.4. The zero-order valence-corrected chi connectivity index (χ0v) is 9.59. The summed E-state index contributed by atoms with van der Waals surface area (Å²) in [5.74, 6) is 0.673. The molecule has 3 rings (SSSR count). The SMILES string of the molecule is Clc1cccc(NC2N=Nc3ncccc32)c1. The number of hydrogen-bond acceptors (Lipinski definition) is 4. The van der Waals surface area contributed by atoms with Crippen molar-refractivity contribution in [1.29, 1.82) is 0 Å². The van der Waals surface area contributed by atoms with Gasteiger partial charge in [0.1, 0.15) is 0 Å². The molecule has 1 aromatic heterocycles. The molecule has 0 bridgehead atoms. The second-order valence-corrected chi connectivity index (χ2v) is 4.13. The number of azo groups is 1. The molecule has 0 spiro atoms. The molecule has 1 aromatic carbocycles. The van der Waals surface area contributed by atoms with E-state index in [1.54, 1.807) is 6.20 Å². The molecule has 2 heterocycles. The van der Waals surface area contributed by atoms with Gasteiger partial charge in [0.15, 0.2) is 12.0 Å². The molecule has 2 aromatic rings. The van der Waals surface area contributed by atoms with Gasteiger partial charge in [-0.1, -0.05) is 17.7 Å². The molecule has 17 heavy (non-hydrogen) atoms. The first-order valence-electron chi connectivity index (χ1n) is 5.21. The number of pyridine rings is 1. The number of halogens is 1. The summed E-state index contributed by atoms with van der Waals surface area (Å²) < 4.78 is 0. The second-order valence-electron chi connectivity index (χ2n) is 3.69. The van der Waals surface area contributed by atoms with E-state index >= 15 is 0 Å². The maximum atomic E-state index is 5.92. The van der Waals surface area contributed by atoms with Gasteiger partial charge in [-0.15, -0.1) is 5.11 Å². The predicted molar refractivity (Wildman–Crippen MR) is 66.6 cm³/mol. The first kappa shape index (κ1) is 10.2. The Balaban J connectivity index is 1.87. The third-order valence-corrected chi connectivity index (χ3v) is 2.74. The molecule has 0 radical (unpaired) electrons. The minimum atomic E-state index is -0.183. The summed E-state index contributed by atoms with van der Waals surface area (Å²) >= 11 is 5.92. The average Bonchev–Trinajstić information content (AvgIpc) is 2.73. The van der Waals surface area contributed by atoms with Gasteiger partial charge < -0.3 is 5.32 Å². The Labute approximate surface area is 103 Å². The standard InChI is InChI=1S/C12H9ClN4/c13-8-3-1-4-9(7-8)15-12-10-5-2-6-14-11(10)16-17-12/h1-7,12,15H. The van der Waals surface area contributed by atoms with Crippen LogP contribution in [-0.4, -0.2) is 4.98 Å². The van der Waals surface area contributed by atoms with Crippen molar-refractivity contribution >= 4 is 23.1 Å². The highest BCUT2D eigenvalue weighted by molar-refractivity contribution is 6.30. The summed E-state index contributed by atoms with van der Waals surface area (Å²) in [7, 11) is 0. The maximum absolute atomic E-state index is 5.92. The molecule has 84 valence electrons. The Kier molecular flexibility index (Phi) is 2.49. The van der Waals surface area contributed by atoms with Gasteiger partial charge in [0.25, 0.3) is 0 Å². The van der Waals surface area contributed by atoms with E-state index in [1.165, 1.54) is 0 Å². The van der Waals surface area contributed by atoms with E-state index in [1.807, 2.05) is 36.4 Å². The molecule has 0 fully saturated rings. The third kappa shape index (κ3) is 1.99. The monoisotopic (exact) mass is 244 g/mol. The molecule has 0 saturated heterocycles. The van der Waals surface area contributed by atoms with Crippen LogP contribution in [-0.2, 0) is 0 Å². The first-order chi connectivity index (χ1) is 8.33. The second kappa shape index (κ2) is 4.14. The van der Waals surface area contributed by atoms with E-state index < -0.39 is 0 Å². The number of aromatic nitrogens is 1. The van der Waals surface area contributed by atoms with Crippen LogP contribution in [0.1, 0.15) is 11.7 Å². The number of fused-ring (bicyclic) bond motifs is 1. The van der Waals surface area contributed by atoms with E-state index in [0.29, 0.717) is 10.8 Å². The van der Waals surface area contributed by atoms with Crippen LogP contribution >= 0.6 is 11.6 Å². The summed E-state index contributed by atoms with van der Waals surface area (Å²) in [5, 5.41) is 12.1. The average molecular weight is 245 g/mol. The Bertz CT molecular complexity index is 582. The summed E-state index contributed by atoms with van der Waals surface area (Å²) in [6.45, 7) is 0. The molecule has 1 atom stereocenters. The zero-order valence-electron chi connectivity index (χ0n) is 8.84. The fourth-order valence-corrected chi connectivity index (χ4v) is 1.91. The van der Waals surface area contributed by atoms with Gasteiger partial charge in [-0.25, -0.2) is 4.98 Å². The molecule has 0 saturated carbocycles. The van der Waals surface area contributed by atoms with Gasteiger partial charge in [-0.05, 0) is 30.3 Å². The third-order valence-electron chi connectivity index (χ3n) is 2.51. The number of rotatable bonds is 2. The van der Waals surface area contributed by atoms with Crippen molar-refractivity contribution in [2.24, 2.45) is 10.2 Å². The quantitative estimate of drug-likeness (QED) is 0.870. The Morgan fingerprint density at radius 2 is 2.12 bits per heavy atom. The molecule has 1 aliphatic heterocycles. The highest BCUT2D eigenvalue weighted by Crippen LogP contribution is 2.34. The van der Waals surface area contributed by atoms with Crippen LogP contribution in [0.3, 0.4) is 0 Å². The number of benzene rings is 1. The van der Waals surface area contributed by atoms with Gasteiger partial charge >= 0.3 is 0 Å². The Morgan fingerprint density at radius 1 is 1.18 bits per heavy atom. The lowest BCUT2D eigenvalue weighted by atomic mass is 10.2. The van der Waals surface area contributed by atoms with Crippen molar-refractivity contribution < 1.29 is 0 Å². The molecule has 5 heteroatoms. The van der Waals surface area contributed by atoms with Gasteiger partial charge in [0.2, 0.25) is 0 Å².